The molecule has 0 spiro atoms. The van der Waals surface area contributed by atoms with Crippen LogP contribution in [-0.2, 0) is 17.5 Å². The molecule has 31 heavy (non-hydrogen) atoms. The van der Waals surface area contributed by atoms with E-state index in [1.165, 1.54) is 10.6 Å². The highest BCUT2D eigenvalue weighted by Crippen LogP contribution is 2.33. The van der Waals surface area contributed by atoms with Crippen LogP contribution in [0.1, 0.15) is 48.8 Å². The molecule has 0 radical (unpaired) electrons. The molecule has 0 saturated carbocycles. The van der Waals surface area contributed by atoms with Gasteiger partial charge in [-0.2, -0.15) is 18.3 Å². The van der Waals surface area contributed by atoms with E-state index in [2.05, 4.69) is 10.1 Å². The smallest absolute Gasteiger partial charge is 0.335 e. The van der Waals surface area contributed by atoms with E-state index in [4.69, 9.17) is 0 Å². The fraction of sp³-hybridized carbons (Fsp3) is 0.579. The molecule has 2 aromatic rings. The van der Waals surface area contributed by atoms with Gasteiger partial charge in [-0.1, -0.05) is 13.0 Å². The molecule has 0 N–H and O–H groups in total. The topological polar surface area (TPSA) is 73.0 Å². The number of carbonyl (C=O) groups is 1. The van der Waals surface area contributed by atoms with Crippen LogP contribution in [0.5, 0.6) is 0 Å². The van der Waals surface area contributed by atoms with E-state index in [1.54, 1.807) is 0 Å². The summed E-state index contributed by atoms with van der Waals surface area (Å²) in [7, 11) is 0. The van der Waals surface area contributed by atoms with Gasteiger partial charge in [-0.15, -0.1) is 0 Å². The second-order valence-electron chi connectivity index (χ2n) is 7.99. The number of pyridine rings is 1. The van der Waals surface area contributed by atoms with Crippen LogP contribution in [0.4, 0.5) is 22.0 Å². The minimum absolute atomic E-state index is 0.125. The van der Waals surface area contributed by atoms with Crippen LogP contribution in [0.3, 0.4) is 0 Å². The predicted molar refractivity (Wildman–Crippen MR) is 97.9 cm³/mol. The molecule has 1 fully saturated rings. The van der Waals surface area contributed by atoms with Crippen molar-refractivity contribution in [1.29, 1.82) is 0 Å². The molecule has 1 amide bonds. The zero-order chi connectivity index (χ0) is 22.5. The van der Waals surface area contributed by atoms with E-state index in [0.717, 1.165) is 21.8 Å². The molecule has 7 nitrogen and oxygen atoms in total. The van der Waals surface area contributed by atoms with Crippen LogP contribution in [0.15, 0.2) is 23.1 Å². The van der Waals surface area contributed by atoms with Crippen molar-refractivity contribution in [3.63, 3.8) is 0 Å². The van der Waals surface area contributed by atoms with Gasteiger partial charge in [-0.25, -0.2) is 18.3 Å². The summed E-state index contributed by atoms with van der Waals surface area (Å²) in [5, 5.41) is 4.29. The number of likely N-dealkylation sites (tertiary alicyclic amines) is 1. The van der Waals surface area contributed by atoms with Crippen molar-refractivity contribution in [3.05, 3.63) is 45.9 Å². The molecular formula is C19H20F5N5O2. The maximum atomic E-state index is 13.6. The number of alkyl halides is 5. The summed E-state index contributed by atoms with van der Waals surface area (Å²) in [6.45, 7) is 0.997. The van der Waals surface area contributed by atoms with Crippen LogP contribution < -0.4 is 5.69 Å². The summed E-state index contributed by atoms with van der Waals surface area (Å²) in [5.41, 5.74) is -1.32. The van der Waals surface area contributed by atoms with Crippen molar-refractivity contribution in [3.8, 4) is 0 Å². The highest BCUT2D eigenvalue weighted by Gasteiger charge is 2.41. The van der Waals surface area contributed by atoms with Gasteiger partial charge in [0.25, 0.3) is 0 Å². The van der Waals surface area contributed by atoms with Crippen molar-refractivity contribution in [1.82, 2.24) is 24.2 Å². The number of nitrogens with zero attached hydrogens (tertiary/aromatic N) is 5. The molecule has 2 aromatic heterocycles. The number of rotatable bonds is 3. The first kappa shape index (κ1) is 21.4. The molecule has 0 bridgehead atoms. The van der Waals surface area contributed by atoms with E-state index < -0.39 is 41.9 Å². The fourth-order valence-corrected chi connectivity index (χ4v) is 4.04. The lowest BCUT2D eigenvalue weighted by molar-refractivity contribution is -0.141. The van der Waals surface area contributed by atoms with Gasteiger partial charge >= 0.3 is 11.9 Å². The summed E-state index contributed by atoms with van der Waals surface area (Å²) < 4.78 is 67.5. The van der Waals surface area contributed by atoms with E-state index in [9.17, 15) is 31.5 Å². The molecule has 2 unspecified atom stereocenters. The number of hydrogen-bond donors (Lipinski definition) is 0. The van der Waals surface area contributed by atoms with E-state index >= 15 is 0 Å². The van der Waals surface area contributed by atoms with E-state index in [1.807, 2.05) is 6.92 Å². The molecule has 2 aliphatic rings. The van der Waals surface area contributed by atoms with Gasteiger partial charge in [0.05, 0.1) is 19.6 Å². The third-order valence-electron chi connectivity index (χ3n) is 5.75. The molecule has 168 valence electrons. The maximum absolute atomic E-state index is 13.6. The SMILES string of the molecule is CC1CCC(C(=O)N2C[C@@H](F)[C@@H](F)C2)n2c1nn(Cc1ccc(C(F)(F)F)nc1)c2=O. The summed E-state index contributed by atoms with van der Waals surface area (Å²) >= 11 is 0. The average Bonchev–Trinajstić information content (AvgIpc) is 3.22. The lowest BCUT2D eigenvalue weighted by Crippen LogP contribution is -2.42. The van der Waals surface area contributed by atoms with Gasteiger partial charge in [0.15, 0.2) is 12.3 Å². The molecule has 12 heteroatoms. The number of carbonyl (C=O) groups excluding carboxylic acids is 1. The number of amides is 1. The van der Waals surface area contributed by atoms with Gasteiger partial charge in [-0.05, 0) is 24.5 Å². The standard InChI is InChI=1S/C19H20F5N5O2/c1-10-2-4-14(17(30)27-8-12(20)13(21)9-27)29-16(10)26-28(18(29)31)7-11-3-5-15(25-6-11)19(22,23)24/h3,5-6,10,12-14H,2,4,7-9H2,1H3/t10?,12-,13+,14?. The van der Waals surface area contributed by atoms with Gasteiger partial charge < -0.3 is 4.90 Å². The van der Waals surface area contributed by atoms with E-state index in [0.29, 0.717) is 24.2 Å². The molecule has 0 aromatic carbocycles. The molecule has 4 atom stereocenters. The second kappa shape index (κ2) is 7.72. The van der Waals surface area contributed by atoms with Gasteiger partial charge in [0.1, 0.15) is 17.6 Å². The lowest BCUT2D eigenvalue weighted by Gasteiger charge is -2.29. The quantitative estimate of drug-likeness (QED) is 0.681. The zero-order valence-corrected chi connectivity index (χ0v) is 16.5. The third-order valence-corrected chi connectivity index (χ3v) is 5.75. The Morgan fingerprint density at radius 2 is 1.84 bits per heavy atom. The number of fused-ring (bicyclic) bond motifs is 1. The molecular weight excluding hydrogens is 425 g/mol. The van der Waals surface area contributed by atoms with Crippen LogP contribution in [0.25, 0.3) is 0 Å². The molecule has 4 rings (SSSR count). The normalized spacial score (nSPS) is 26.2. The maximum Gasteiger partial charge on any atom is 0.433 e. The third kappa shape index (κ3) is 3.94. The summed E-state index contributed by atoms with van der Waals surface area (Å²) in [6, 6.07) is 1.11. The average molecular weight is 445 g/mol. The Labute approximate surface area is 173 Å². The molecule has 1 saturated heterocycles. The summed E-state index contributed by atoms with van der Waals surface area (Å²) in [4.78, 5) is 30.3. The largest absolute Gasteiger partial charge is 0.433 e. The Bertz CT molecular complexity index is 1020. The highest BCUT2D eigenvalue weighted by molar-refractivity contribution is 5.81. The highest BCUT2D eigenvalue weighted by atomic mass is 19.4. The number of halogens is 5. The molecule has 2 aliphatic heterocycles. The van der Waals surface area contributed by atoms with Crippen LogP contribution in [0.2, 0.25) is 0 Å². The van der Waals surface area contributed by atoms with Crippen LogP contribution in [-0.4, -0.2) is 55.6 Å². The summed E-state index contributed by atoms with van der Waals surface area (Å²) in [5.74, 6) is -0.304. The molecule has 4 heterocycles. The first-order chi connectivity index (χ1) is 14.6. The minimum atomic E-state index is -4.57. The Hall–Kier alpha value is -2.79. The number of aromatic nitrogens is 4. The van der Waals surface area contributed by atoms with Crippen molar-refractivity contribution in [2.75, 3.05) is 13.1 Å². The van der Waals surface area contributed by atoms with Crippen molar-refractivity contribution in [2.45, 2.75) is 56.8 Å². The summed E-state index contributed by atoms with van der Waals surface area (Å²) in [6.07, 6.45) is -6.17. The van der Waals surface area contributed by atoms with Gasteiger partial charge in [0.2, 0.25) is 5.91 Å². The first-order valence-electron chi connectivity index (χ1n) is 9.84. The fourth-order valence-electron chi connectivity index (χ4n) is 4.04. The second-order valence-corrected chi connectivity index (χ2v) is 7.99. The van der Waals surface area contributed by atoms with Gasteiger partial charge in [-0.3, -0.25) is 14.3 Å². The lowest BCUT2D eigenvalue weighted by atomic mass is 9.95. The molecule has 0 aliphatic carbocycles. The Balaban J connectivity index is 1.61. The van der Waals surface area contributed by atoms with Crippen molar-refractivity contribution >= 4 is 5.91 Å². The monoisotopic (exact) mass is 445 g/mol. The van der Waals surface area contributed by atoms with Crippen LogP contribution in [0, 0.1) is 0 Å². The minimum Gasteiger partial charge on any atom is -0.335 e. The first-order valence-corrected chi connectivity index (χ1v) is 9.84. The van der Waals surface area contributed by atoms with Crippen molar-refractivity contribution in [2.24, 2.45) is 0 Å². The predicted octanol–water partition coefficient (Wildman–Crippen LogP) is 2.46. The Morgan fingerprint density at radius 1 is 1.16 bits per heavy atom. The Kier molecular flexibility index (Phi) is 5.34. The van der Waals surface area contributed by atoms with Crippen molar-refractivity contribution < 1.29 is 26.7 Å². The number of hydrogen-bond acceptors (Lipinski definition) is 4. The Morgan fingerprint density at radius 3 is 2.42 bits per heavy atom. The van der Waals surface area contributed by atoms with Crippen LogP contribution >= 0.6 is 0 Å². The van der Waals surface area contributed by atoms with Gasteiger partial charge in [0, 0.05) is 12.1 Å². The zero-order valence-electron chi connectivity index (χ0n) is 16.5. The van der Waals surface area contributed by atoms with E-state index in [-0.39, 0.29) is 25.6 Å².